The van der Waals surface area contributed by atoms with E-state index in [0.717, 1.165) is 27.8 Å². The van der Waals surface area contributed by atoms with E-state index < -0.39 is 0 Å². The van der Waals surface area contributed by atoms with Crippen LogP contribution in [0.15, 0.2) is 67.4 Å². The number of aromatic nitrogens is 4. The Morgan fingerprint density at radius 1 is 1.03 bits per heavy atom. The summed E-state index contributed by atoms with van der Waals surface area (Å²) in [5.74, 6) is 0.00690. The first-order valence-electron chi connectivity index (χ1n) is 9.19. The number of rotatable bonds is 5. The molecule has 0 aliphatic carbocycles. The summed E-state index contributed by atoms with van der Waals surface area (Å²) in [6.45, 7) is 1.91. The first kappa shape index (κ1) is 19.0. The molecular weight excluding hydrogens is 384 g/mol. The van der Waals surface area contributed by atoms with Gasteiger partial charge in [-0.3, -0.25) is 19.4 Å². The van der Waals surface area contributed by atoms with Crippen molar-refractivity contribution >= 4 is 17.4 Å². The van der Waals surface area contributed by atoms with Gasteiger partial charge in [-0.2, -0.15) is 5.10 Å². The molecule has 0 spiro atoms. The second-order valence-corrected chi connectivity index (χ2v) is 7.33. The Labute approximate surface area is 174 Å². The normalized spacial score (nSPS) is 10.9. The van der Waals surface area contributed by atoms with E-state index in [2.05, 4.69) is 15.1 Å². The fourth-order valence-electron chi connectivity index (χ4n) is 3.20. The van der Waals surface area contributed by atoms with E-state index in [-0.39, 0.29) is 12.2 Å². The highest BCUT2D eigenvalue weighted by Gasteiger charge is 2.12. The predicted octanol–water partition coefficient (Wildman–Crippen LogP) is 4.93. The number of benzene rings is 1. The maximum atomic E-state index is 12.5. The number of ketones is 1. The van der Waals surface area contributed by atoms with Crippen molar-refractivity contribution in [1.82, 2.24) is 19.7 Å². The van der Waals surface area contributed by atoms with Crippen molar-refractivity contribution in [3.05, 3.63) is 89.2 Å². The first-order valence-corrected chi connectivity index (χ1v) is 9.57. The molecule has 0 saturated heterocycles. The van der Waals surface area contributed by atoms with Crippen LogP contribution in [0.4, 0.5) is 0 Å². The third-order valence-corrected chi connectivity index (χ3v) is 5.15. The Hall–Kier alpha value is -3.31. The number of carbonyl (C=O) groups excluding carboxylic acids is 1. The molecule has 0 atom stereocenters. The van der Waals surface area contributed by atoms with Crippen LogP contribution >= 0.6 is 11.6 Å². The Balaban J connectivity index is 1.58. The average molecular weight is 403 g/mol. The smallest absolute Gasteiger partial charge is 0.170 e. The summed E-state index contributed by atoms with van der Waals surface area (Å²) < 4.78 is 1.76. The second kappa shape index (κ2) is 7.97. The van der Waals surface area contributed by atoms with Gasteiger partial charge in [0.1, 0.15) is 0 Å². The van der Waals surface area contributed by atoms with E-state index in [4.69, 9.17) is 11.6 Å². The molecule has 6 heteroatoms. The van der Waals surface area contributed by atoms with Crippen molar-refractivity contribution < 1.29 is 4.79 Å². The molecule has 3 heterocycles. The highest BCUT2D eigenvalue weighted by atomic mass is 35.5. The van der Waals surface area contributed by atoms with Crippen molar-refractivity contribution in [2.24, 2.45) is 7.05 Å². The molecule has 0 fully saturated rings. The summed E-state index contributed by atoms with van der Waals surface area (Å²) in [6, 6.07) is 11.5. The summed E-state index contributed by atoms with van der Waals surface area (Å²) in [5, 5.41) is 4.87. The van der Waals surface area contributed by atoms with Gasteiger partial charge in [-0.25, -0.2) is 0 Å². The van der Waals surface area contributed by atoms with Gasteiger partial charge in [-0.15, -0.1) is 0 Å². The van der Waals surface area contributed by atoms with Gasteiger partial charge in [0, 0.05) is 64.8 Å². The Kier molecular flexibility index (Phi) is 5.23. The van der Waals surface area contributed by atoms with E-state index in [1.54, 1.807) is 23.3 Å². The van der Waals surface area contributed by atoms with Crippen LogP contribution in [0.2, 0.25) is 5.02 Å². The second-order valence-electron chi connectivity index (χ2n) is 6.93. The maximum absolute atomic E-state index is 12.5. The third-order valence-electron chi connectivity index (χ3n) is 4.82. The van der Waals surface area contributed by atoms with Gasteiger partial charge in [0.2, 0.25) is 0 Å². The Bertz CT molecular complexity index is 1180. The fourth-order valence-corrected chi connectivity index (χ4v) is 3.43. The van der Waals surface area contributed by atoms with Gasteiger partial charge >= 0.3 is 0 Å². The van der Waals surface area contributed by atoms with Crippen LogP contribution < -0.4 is 0 Å². The van der Waals surface area contributed by atoms with Crippen molar-refractivity contribution in [1.29, 1.82) is 0 Å². The zero-order chi connectivity index (χ0) is 20.4. The molecule has 144 valence electrons. The van der Waals surface area contributed by atoms with Crippen LogP contribution in [0.3, 0.4) is 0 Å². The van der Waals surface area contributed by atoms with Crippen LogP contribution in [0, 0.1) is 6.92 Å². The lowest BCUT2D eigenvalue weighted by molar-refractivity contribution is 0.0991. The standard InChI is InChI=1S/C23H19ClN4O/c1-15-7-8-25-13-21(15)23(29)10-19-5-3-17(11-26-19)20-9-16(4-6-22(20)24)18-12-27-28(2)14-18/h3-9,11-14H,10H2,1-2H3. The van der Waals surface area contributed by atoms with E-state index in [1.165, 1.54) is 0 Å². The molecule has 4 rings (SSSR count). The number of Topliss-reactive ketones (excluding diaryl/α,β-unsaturated/α-hetero) is 1. The predicted molar refractivity (Wildman–Crippen MR) is 114 cm³/mol. The molecule has 3 aromatic heterocycles. The number of hydrogen-bond donors (Lipinski definition) is 0. The molecular formula is C23H19ClN4O. The average Bonchev–Trinajstić information content (AvgIpc) is 3.16. The quantitative estimate of drug-likeness (QED) is 0.444. The summed E-state index contributed by atoms with van der Waals surface area (Å²) in [5.41, 5.74) is 6.10. The number of hydrogen-bond acceptors (Lipinski definition) is 4. The van der Waals surface area contributed by atoms with E-state index in [9.17, 15) is 4.79 Å². The summed E-state index contributed by atoms with van der Waals surface area (Å²) in [7, 11) is 1.89. The molecule has 1 aromatic carbocycles. The SMILES string of the molecule is Cc1ccncc1C(=O)Cc1ccc(-c2cc(-c3cnn(C)c3)ccc2Cl)cn1. The van der Waals surface area contributed by atoms with Gasteiger partial charge in [0.25, 0.3) is 0 Å². The minimum absolute atomic E-state index is 0.00690. The number of aryl methyl sites for hydroxylation is 2. The molecule has 29 heavy (non-hydrogen) atoms. The molecule has 0 aliphatic heterocycles. The third kappa shape index (κ3) is 4.10. The summed E-state index contributed by atoms with van der Waals surface area (Å²) in [6.07, 6.45) is 9.06. The molecule has 0 aliphatic rings. The van der Waals surface area contributed by atoms with Gasteiger partial charge in [-0.1, -0.05) is 23.7 Å². The van der Waals surface area contributed by atoms with Crippen molar-refractivity contribution in [3.8, 4) is 22.3 Å². The molecule has 4 aromatic rings. The van der Waals surface area contributed by atoms with E-state index in [0.29, 0.717) is 16.3 Å². The number of halogens is 1. The Morgan fingerprint density at radius 3 is 2.55 bits per heavy atom. The lowest BCUT2D eigenvalue weighted by Crippen LogP contribution is -2.07. The molecule has 0 amide bonds. The van der Waals surface area contributed by atoms with Gasteiger partial charge in [0.05, 0.1) is 12.6 Å². The zero-order valence-electron chi connectivity index (χ0n) is 16.1. The van der Waals surface area contributed by atoms with Crippen LogP contribution in [-0.4, -0.2) is 25.5 Å². The topological polar surface area (TPSA) is 60.7 Å². The monoisotopic (exact) mass is 402 g/mol. The summed E-state index contributed by atoms with van der Waals surface area (Å²) >= 11 is 6.44. The molecule has 5 nitrogen and oxygen atoms in total. The summed E-state index contributed by atoms with van der Waals surface area (Å²) in [4.78, 5) is 21.1. The number of pyridine rings is 2. The van der Waals surface area contributed by atoms with Gasteiger partial charge in [0.15, 0.2) is 5.78 Å². The fraction of sp³-hybridized carbons (Fsp3) is 0.130. The maximum Gasteiger partial charge on any atom is 0.170 e. The molecule has 0 saturated carbocycles. The lowest BCUT2D eigenvalue weighted by Gasteiger charge is -2.08. The molecule has 0 unspecified atom stereocenters. The molecule has 0 bridgehead atoms. The lowest BCUT2D eigenvalue weighted by atomic mass is 10.0. The van der Waals surface area contributed by atoms with Crippen LogP contribution in [0.25, 0.3) is 22.3 Å². The highest BCUT2D eigenvalue weighted by Crippen LogP contribution is 2.32. The molecule has 0 N–H and O–H groups in total. The minimum Gasteiger partial charge on any atom is -0.294 e. The molecule has 0 radical (unpaired) electrons. The van der Waals surface area contributed by atoms with Crippen molar-refractivity contribution in [2.45, 2.75) is 13.3 Å². The van der Waals surface area contributed by atoms with Crippen LogP contribution in [0.1, 0.15) is 21.6 Å². The highest BCUT2D eigenvalue weighted by molar-refractivity contribution is 6.33. The Morgan fingerprint density at radius 2 is 1.86 bits per heavy atom. The van der Waals surface area contributed by atoms with E-state index >= 15 is 0 Å². The largest absolute Gasteiger partial charge is 0.294 e. The van der Waals surface area contributed by atoms with Gasteiger partial charge in [-0.05, 0) is 42.3 Å². The minimum atomic E-state index is 0.00690. The van der Waals surface area contributed by atoms with Crippen molar-refractivity contribution in [2.75, 3.05) is 0 Å². The van der Waals surface area contributed by atoms with Crippen molar-refractivity contribution in [3.63, 3.8) is 0 Å². The zero-order valence-corrected chi connectivity index (χ0v) is 16.9. The van der Waals surface area contributed by atoms with Gasteiger partial charge < -0.3 is 0 Å². The number of carbonyl (C=O) groups is 1. The van der Waals surface area contributed by atoms with E-state index in [1.807, 2.05) is 62.8 Å². The van der Waals surface area contributed by atoms with Crippen LogP contribution in [-0.2, 0) is 13.5 Å². The number of nitrogens with zero attached hydrogens (tertiary/aromatic N) is 4. The van der Waals surface area contributed by atoms with Crippen LogP contribution in [0.5, 0.6) is 0 Å². The first-order chi connectivity index (χ1) is 14.0.